The molecule has 0 aliphatic heterocycles. The number of unbranched alkanes of at least 4 members (excludes halogenated alkanes) is 1. The molecule has 0 fully saturated rings. The standard InChI is InChI=1S/C29H44N2O6/c1-5-7-9-15-25(20-23-13-10-8-11-14-23)28(35)37-22-29(3,4)31-27(34)24(12-6-2)21-26(33)30-16-18-36-19-17-32/h5-6,8,10-11,13-14,24-25,32H,1-2,7,9,12,15-22H2,3-4H3,(H,30,33)(H,31,34)/t24-,25-/m1/s1. The van der Waals surface area contributed by atoms with Gasteiger partial charge in [0.05, 0.1) is 37.2 Å². The van der Waals surface area contributed by atoms with E-state index in [9.17, 15) is 14.4 Å². The number of carbonyl (C=O) groups is 3. The van der Waals surface area contributed by atoms with Gasteiger partial charge in [-0.25, -0.2) is 0 Å². The van der Waals surface area contributed by atoms with Crippen LogP contribution < -0.4 is 10.6 Å². The number of benzene rings is 1. The summed E-state index contributed by atoms with van der Waals surface area (Å²) in [6.07, 6.45) is 6.72. The van der Waals surface area contributed by atoms with Gasteiger partial charge in [-0.05, 0) is 51.5 Å². The monoisotopic (exact) mass is 516 g/mol. The third-order valence-electron chi connectivity index (χ3n) is 5.71. The van der Waals surface area contributed by atoms with E-state index in [1.807, 2.05) is 36.4 Å². The first-order valence-corrected chi connectivity index (χ1v) is 12.9. The highest BCUT2D eigenvalue weighted by Crippen LogP contribution is 2.19. The van der Waals surface area contributed by atoms with Gasteiger partial charge in [0, 0.05) is 13.0 Å². The first-order chi connectivity index (χ1) is 17.7. The SMILES string of the molecule is C=CCCC[C@H](Cc1ccccc1)C(=O)OCC(C)(C)NC(=O)[C@H](CC=C)CC(=O)NCCOCCO. The minimum absolute atomic E-state index is 0.00380. The molecule has 0 spiro atoms. The van der Waals surface area contributed by atoms with Gasteiger partial charge in [0.25, 0.3) is 0 Å². The molecule has 0 aliphatic carbocycles. The predicted octanol–water partition coefficient (Wildman–Crippen LogP) is 3.35. The Morgan fingerprint density at radius 3 is 2.46 bits per heavy atom. The molecule has 1 aromatic rings. The van der Waals surface area contributed by atoms with Crippen molar-refractivity contribution in [3.63, 3.8) is 0 Å². The van der Waals surface area contributed by atoms with Gasteiger partial charge >= 0.3 is 5.97 Å². The maximum absolute atomic E-state index is 13.0. The molecular formula is C29H44N2O6. The Hall–Kier alpha value is -2.97. The Morgan fingerprint density at radius 2 is 1.81 bits per heavy atom. The number of rotatable bonds is 20. The number of esters is 1. The average molecular weight is 517 g/mol. The van der Waals surface area contributed by atoms with E-state index in [1.54, 1.807) is 19.9 Å². The number of hydrogen-bond acceptors (Lipinski definition) is 6. The van der Waals surface area contributed by atoms with E-state index in [1.165, 1.54) is 0 Å². The lowest BCUT2D eigenvalue weighted by Gasteiger charge is -2.29. The van der Waals surface area contributed by atoms with Gasteiger partial charge in [0.2, 0.25) is 11.8 Å². The van der Waals surface area contributed by atoms with Crippen molar-refractivity contribution < 1.29 is 29.0 Å². The smallest absolute Gasteiger partial charge is 0.309 e. The molecule has 0 aliphatic rings. The van der Waals surface area contributed by atoms with Gasteiger partial charge in [0.1, 0.15) is 6.61 Å². The van der Waals surface area contributed by atoms with E-state index in [4.69, 9.17) is 14.6 Å². The molecule has 206 valence electrons. The van der Waals surface area contributed by atoms with E-state index < -0.39 is 11.5 Å². The minimum atomic E-state index is -0.820. The molecular weight excluding hydrogens is 472 g/mol. The van der Waals surface area contributed by atoms with Crippen LogP contribution in [-0.2, 0) is 30.3 Å². The molecule has 8 heteroatoms. The Bertz CT molecular complexity index is 840. The summed E-state index contributed by atoms with van der Waals surface area (Å²) < 4.78 is 10.8. The second-order valence-corrected chi connectivity index (χ2v) is 9.70. The summed E-state index contributed by atoms with van der Waals surface area (Å²) in [5, 5.41) is 14.3. The Balaban J connectivity index is 2.65. The molecule has 2 amide bonds. The highest BCUT2D eigenvalue weighted by atomic mass is 16.5. The van der Waals surface area contributed by atoms with Gasteiger partial charge < -0.3 is 25.2 Å². The molecule has 37 heavy (non-hydrogen) atoms. The molecule has 0 radical (unpaired) electrons. The number of amides is 2. The van der Waals surface area contributed by atoms with Crippen LogP contribution in [0.3, 0.4) is 0 Å². The number of aliphatic hydroxyl groups excluding tert-OH is 1. The van der Waals surface area contributed by atoms with Crippen molar-refractivity contribution in [3.05, 3.63) is 61.2 Å². The molecule has 2 atom stereocenters. The van der Waals surface area contributed by atoms with E-state index in [2.05, 4.69) is 23.8 Å². The Morgan fingerprint density at radius 1 is 1.08 bits per heavy atom. The first-order valence-electron chi connectivity index (χ1n) is 12.9. The van der Waals surface area contributed by atoms with E-state index in [0.29, 0.717) is 25.8 Å². The summed E-state index contributed by atoms with van der Waals surface area (Å²) >= 11 is 0. The number of ether oxygens (including phenoxy) is 2. The van der Waals surface area contributed by atoms with Crippen LogP contribution in [0.1, 0.15) is 51.5 Å². The zero-order valence-corrected chi connectivity index (χ0v) is 22.4. The summed E-state index contributed by atoms with van der Waals surface area (Å²) in [7, 11) is 0. The van der Waals surface area contributed by atoms with Crippen LogP contribution in [-0.4, -0.2) is 61.4 Å². The second-order valence-electron chi connectivity index (χ2n) is 9.70. The number of hydrogen-bond donors (Lipinski definition) is 3. The summed E-state index contributed by atoms with van der Waals surface area (Å²) in [5.41, 5.74) is 0.250. The largest absolute Gasteiger partial charge is 0.463 e. The summed E-state index contributed by atoms with van der Waals surface area (Å²) in [6, 6.07) is 9.83. The minimum Gasteiger partial charge on any atom is -0.463 e. The van der Waals surface area contributed by atoms with E-state index in [-0.39, 0.29) is 56.5 Å². The third kappa shape index (κ3) is 14.4. The number of aliphatic hydroxyl groups is 1. The molecule has 1 aromatic carbocycles. The maximum atomic E-state index is 13.0. The van der Waals surface area contributed by atoms with Crippen LogP contribution in [0.15, 0.2) is 55.6 Å². The zero-order chi connectivity index (χ0) is 27.5. The second kappa shape index (κ2) is 18.3. The lowest BCUT2D eigenvalue weighted by Crippen LogP contribution is -2.50. The normalized spacial score (nSPS) is 12.7. The van der Waals surface area contributed by atoms with Crippen LogP contribution in [0.4, 0.5) is 0 Å². The van der Waals surface area contributed by atoms with Crippen molar-refractivity contribution in [1.29, 1.82) is 0 Å². The molecule has 0 saturated heterocycles. The lowest BCUT2D eigenvalue weighted by atomic mass is 9.94. The van der Waals surface area contributed by atoms with Gasteiger partial charge in [0.15, 0.2) is 0 Å². The average Bonchev–Trinajstić information content (AvgIpc) is 2.87. The van der Waals surface area contributed by atoms with Crippen molar-refractivity contribution in [3.8, 4) is 0 Å². The van der Waals surface area contributed by atoms with Gasteiger partial charge in [-0.15, -0.1) is 13.2 Å². The van der Waals surface area contributed by atoms with E-state index in [0.717, 1.165) is 18.4 Å². The predicted molar refractivity (Wildman–Crippen MR) is 145 cm³/mol. The highest BCUT2D eigenvalue weighted by Gasteiger charge is 2.29. The van der Waals surface area contributed by atoms with Crippen molar-refractivity contribution >= 4 is 17.8 Å². The van der Waals surface area contributed by atoms with Gasteiger partial charge in [-0.2, -0.15) is 0 Å². The summed E-state index contributed by atoms with van der Waals surface area (Å²) in [4.78, 5) is 38.2. The topological polar surface area (TPSA) is 114 Å². The molecule has 3 N–H and O–H groups in total. The molecule has 0 aromatic heterocycles. The first kappa shape index (κ1) is 32.1. The van der Waals surface area contributed by atoms with Crippen molar-refractivity contribution in [1.82, 2.24) is 10.6 Å². The highest BCUT2D eigenvalue weighted by molar-refractivity contribution is 5.86. The lowest BCUT2D eigenvalue weighted by molar-refractivity contribution is -0.151. The zero-order valence-electron chi connectivity index (χ0n) is 22.4. The maximum Gasteiger partial charge on any atom is 0.309 e. The van der Waals surface area contributed by atoms with Crippen LogP contribution in [0.2, 0.25) is 0 Å². The molecule has 0 saturated carbocycles. The van der Waals surface area contributed by atoms with Crippen molar-refractivity contribution in [2.24, 2.45) is 11.8 Å². The van der Waals surface area contributed by atoms with Crippen LogP contribution in [0.5, 0.6) is 0 Å². The fourth-order valence-electron chi connectivity index (χ4n) is 3.76. The molecule has 0 heterocycles. The fraction of sp³-hybridized carbons (Fsp3) is 0.552. The van der Waals surface area contributed by atoms with Gasteiger partial charge in [-0.1, -0.05) is 42.5 Å². The van der Waals surface area contributed by atoms with Crippen molar-refractivity contribution in [2.45, 2.75) is 57.9 Å². The molecule has 0 bridgehead atoms. The molecule has 1 rings (SSSR count). The van der Waals surface area contributed by atoms with Crippen LogP contribution >= 0.6 is 0 Å². The Kier molecular flexibility index (Phi) is 15.9. The van der Waals surface area contributed by atoms with Crippen LogP contribution in [0.25, 0.3) is 0 Å². The van der Waals surface area contributed by atoms with Crippen LogP contribution in [0, 0.1) is 11.8 Å². The quantitative estimate of drug-likeness (QED) is 0.139. The number of allylic oxidation sites excluding steroid dienone is 2. The Labute approximate surface area is 221 Å². The molecule has 0 unspecified atom stereocenters. The third-order valence-corrected chi connectivity index (χ3v) is 5.71. The summed E-state index contributed by atoms with van der Waals surface area (Å²) in [5.74, 6) is -1.76. The van der Waals surface area contributed by atoms with Gasteiger partial charge in [-0.3, -0.25) is 14.4 Å². The molecule has 8 nitrogen and oxygen atoms in total. The summed E-state index contributed by atoms with van der Waals surface area (Å²) in [6.45, 7) is 11.7. The van der Waals surface area contributed by atoms with Crippen molar-refractivity contribution in [2.75, 3.05) is 33.0 Å². The van der Waals surface area contributed by atoms with E-state index >= 15 is 0 Å². The number of nitrogens with one attached hydrogen (secondary N) is 2. The fourth-order valence-corrected chi connectivity index (χ4v) is 3.76. The number of carbonyl (C=O) groups excluding carboxylic acids is 3.